The highest BCUT2D eigenvalue weighted by Gasteiger charge is 2.32. The highest BCUT2D eigenvalue weighted by Crippen LogP contribution is 2.32. The second kappa shape index (κ2) is 8.55. The number of hydrogen-bond donors (Lipinski definition) is 2. The van der Waals surface area contributed by atoms with E-state index >= 15 is 0 Å². The molecule has 1 amide bonds. The third-order valence-electron chi connectivity index (χ3n) is 4.86. The highest BCUT2D eigenvalue weighted by atomic mass is 32.2. The van der Waals surface area contributed by atoms with Gasteiger partial charge >= 0.3 is 0 Å². The van der Waals surface area contributed by atoms with Crippen molar-refractivity contribution >= 4 is 21.6 Å². The molecule has 27 heavy (non-hydrogen) atoms. The van der Waals surface area contributed by atoms with E-state index in [1.165, 1.54) is 10.4 Å². The SMILES string of the molecule is CCOc1ccc(NC(=O)[C@@H]2CC[C@H](CN)O2)cc1S(=O)(=O)N1CCCC1. The van der Waals surface area contributed by atoms with Gasteiger partial charge in [-0.15, -0.1) is 0 Å². The van der Waals surface area contributed by atoms with E-state index in [4.69, 9.17) is 15.2 Å². The van der Waals surface area contributed by atoms with Gasteiger partial charge < -0.3 is 20.5 Å². The molecule has 0 saturated carbocycles. The second-order valence-electron chi connectivity index (χ2n) is 6.75. The third kappa shape index (κ3) is 4.43. The Kier molecular flexibility index (Phi) is 6.36. The van der Waals surface area contributed by atoms with Gasteiger partial charge in [-0.05, 0) is 50.8 Å². The zero-order valence-electron chi connectivity index (χ0n) is 15.5. The van der Waals surface area contributed by atoms with Gasteiger partial charge in [0.2, 0.25) is 10.0 Å². The number of hydrogen-bond acceptors (Lipinski definition) is 6. The summed E-state index contributed by atoms with van der Waals surface area (Å²) in [7, 11) is -3.67. The van der Waals surface area contributed by atoms with Crippen LogP contribution in [0.2, 0.25) is 0 Å². The van der Waals surface area contributed by atoms with E-state index in [9.17, 15) is 13.2 Å². The summed E-state index contributed by atoms with van der Waals surface area (Å²) in [6.45, 7) is 3.53. The van der Waals surface area contributed by atoms with Crippen LogP contribution in [0, 0.1) is 0 Å². The highest BCUT2D eigenvalue weighted by molar-refractivity contribution is 7.89. The van der Waals surface area contributed by atoms with Gasteiger partial charge in [-0.25, -0.2) is 8.42 Å². The van der Waals surface area contributed by atoms with Gasteiger partial charge in [0.15, 0.2) is 0 Å². The molecule has 2 aliphatic rings. The number of nitrogens with one attached hydrogen (secondary N) is 1. The lowest BCUT2D eigenvalue weighted by molar-refractivity contribution is -0.126. The maximum absolute atomic E-state index is 13.0. The fourth-order valence-corrected chi connectivity index (χ4v) is 5.10. The molecule has 0 spiro atoms. The summed E-state index contributed by atoms with van der Waals surface area (Å²) in [6.07, 6.45) is 2.37. The van der Waals surface area contributed by atoms with Gasteiger partial charge in [0.25, 0.3) is 5.91 Å². The Bertz CT molecular complexity index is 777. The van der Waals surface area contributed by atoms with Crippen molar-refractivity contribution in [1.29, 1.82) is 0 Å². The van der Waals surface area contributed by atoms with Crippen LogP contribution in [0.25, 0.3) is 0 Å². The van der Waals surface area contributed by atoms with E-state index in [0.717, 1.165) is 19.3 Å². The summed E-state index contributed by atoms with van der Waals surface area (Å²) in [6, 6.07) is 4.69. The van der Waals surface area contributed by atoms with Crippen molar-refractivity contribution in [3.63, 3.8) is 0 Å². The first-order valence-corrected chi connectivity index (χ1v) is 10.8. The van der Waals surface area contributed by atoms with Gasteiger partial charge in [0.1, 0.15) is 16.7 Å². The molecular formula is C18H27N3O5S. The van der Waals surface area contributed by atoms with Crippen molar-refractivity contribution < 1.29 is 22.7 Å². The van der Waals surface area contributed by atoms with Crippen LogP contribution in [-0.4, -0.2) is 57.1 Å². The molecule has 0 aliphatic carbocycles. The normalized spacial score (nSPS) is 23.5. The maximum atomic E-state index is 13.0. The number of carbonyl (C=O) groups is 1. The predicted octanol–water partition coefficient (Wildman–Crippen LogP) is 1.31. The molecule has 2 aliphatic heterocycles. The average Bonchev–Trinajstić information content (AvgIpc) is 3.35. The number of sulfonamides is 1. The molecule has 1 aromatic carbocycles. The van der Waals surface area contributed by atoms with Crippen molar-refractivity contribution in [2.24, 2.45) is 5.73 Å². The lowest BCUT2D eigenvalue weighted by atomic mass is 10.2. The van der Waals surface area contributed by atoms with Gasteiger partial charge in [-0.2, -0.15) is 4.31 Å². The Morgan fingerprint density at radius 2 is 2.07 bits per heavy atom. The Balaban J connectivity index is 1.82. The molecule has 3 N–H and O–H groups in total. The molecule has 2 saturated heterocycles. The number of nitrogens with zero attached hydrogens (tertiary/aromatic N) is 1. The Hall–Kier alpha value is -1.68. The summed E-state index contributed by atoms with van der Waals surface area (Å²) in [4.78, 5) is 12.5. The van der Waals surface area contributed by atoms with Crippen LogP contribution in [0.1, 0.15) is 32.6 Å². The summed E-state index contributed by atoms with van der Waals surface area (Å²) in [5.74, 6) is 0.00217. The molecule has 2 atom stereocenters. The number of carbonyl (C=O) groups excluding carboxylic acids is 1. The fraction of sp³-hybridized carbons (Fsp3) is 0.611. The van der Waals surface area contributed by atoms with E-state index in [0.29, 0.717) is 44.1 Å². The lowest BCUT2D eigenvalue weighted by Gasteiger charge is -2.19. The first-order chi connectivity index (χ1) is 13.0. The van der Waals surface area contributed by atoms with Crippen molar-refractivity contribution in [3.05, 3.63) is 18.2 Å². The van der Waals surface area contributed by atoms with Crippen molar-refractivity contribution in [3.8, 4) is 5.75 Å². The first kappa shape index (κ1) is 20.1. The second-order valence-corrected chi connectivity index (χ2v) is 8.66. The van der Waals surface area contributed by atoms with Gasteiger partial charge in [-0.3, -0.25) is 4.79 Å². The lowest BCUT2D eigenvalue weighted by Crippen LogP contribution is -2.30. The minimum atomic E-state index is -3.67. The molecule has 3 rings (SSSR count). The standard InChI is InChI=1S/C18H27N3O5S/c1-2-25-15-7-5-13(20-18(22)16-8-6-14(12-19)26-16)11-17(15)27(23,24)21-9-3-4-10-21/h5,7,11,14,16H,2-4,6,8-10,12,19H2,1H3,(H,20,22)/t14-,16+/m1/s1. The quantitative estimate of drug-likeness (QED) is 0.718. The van der Waals surface area contributed by atoms with E-state index in [-0.39, 0.29) is 16.9 Å². The summed E-state index contributed by atoms with van der Waals surface area (Å²) < 4.78 is 38.6. The van der Waals surface area contributed by atoms with Crippen LogP contribution < -0.4 is 15.8 Å². The smallest absolute Gasteiger partial charge is 0.253 e. The van der Waals surface area contributed by atoms with Gasteiger partial charge in [-0.1, -0.05) is 0 Å². The molecule has 0 unspecified atom stereocenters. The van der Waals surface area contributed by atoms with E-state index in [1.54, 1.807) is 19.1 Å². The topological polar surface area (TPSA) is 111 Å². The van der Waals surface area contributed by atoms with Crippen LogP contribution in [0.15, 0.2) is 23.1 Å². The number of nitrogens with two attached hydrogens (primary N) is 1. The number of rotatable bonds is 7. The minimum absolute atomic E-state index is 0.0798. The van der Waals surface area contributed by atoms with Crippen molar-refractivity contribution in [1.82, 2.24) is 4.31 Å². The molecule has 2 fully saturated rings. The summed E-state index contributed by atoms with van der Waals surface area (Å²) in [5, 5.41) is 2.76. The molecule has 0 aromatic heterocycles. The molecule has 9 heteroatoms. The molecule has 0 radical (unpaired) electrons. The number of benzene rings is 1. The maximum Gasteiger partial charge on any atom is 0.253 e. The van der Waals surface area contributed by atoms with Gasteiger partial charge in [0.05, 0.1) is 12.7 Å². The number of amides is 1. The zero-order chi connectivity index (χ0) is 19.4. The van der Waals surface area contributed by atoms with Crippen LogP contribution >= 0.6 is 0 Å². The van der Waals surface area contributed by atoms with Crippen molar-refractivity contribution in [2.45, 2.75) is 49.7 Å². The van der Waals surface area contributed by atoms with E-state index in [1.807, 2.05) is 0 Å². The number of ether oxygens (including phenoxy) is 2. The predicted molar refractivity (Wildman–Crippen MR) is 101 cm³/mol. The molecule has 1 aromatic rings. The molecule has 150 valence electrons. The van der Waals surface area contributed by atoms with E-state index < -0.39 is 16.1 Å². The Morgan fingerprint density at radius 3 is 2.70 bits per heavy atom. The Labute approximate surface area is 160 Å². The van der Waals surface area contributed by atoms with E-state index in [2.05, 4.69) is 5.32 Å². The number of anilines is 1. The van der Waals surface area contributed by atoms with Gasteiger partial charge in [0, 0.05) is 25.3 Å². The minimum Gasteiger partial charge on any atom is -0.492 e. The average molecular weight is 397 g/mol. The molecular weight excluding hydrogens is 370 g/mol. The van der Waals surface area contributed by atoms with Crippen LogP contribution in [-0.2, 0) is 19.6 Å². The third-order valence-corrected chi connectivity index (χ3v) is 6.78. The monoisotopic (exact) mass is 397 g/mol. The van der Waals surface area contributed by atoms with Crippen molar-refractivity contribution in [2.75, 3.05) is 31.6 Å². The fourth-order valence-electron chi connectivity index (χ4n) is 3.42. The van der Waals surface area contributed by atoms with Crippen LogP contribution in [0.4, 0.5) is 5.69 Å². The summed E-state index contributed by atoms with van der Waals surface area (Å²) >= 11 is 0. The largest absolute Gasteiger partial charge is 0.492 e. The zero-order valence-corrected chi connectivity index (χ0v) is 16.3. The van der Waals surface area contributed by atoms with Crippen LogP contribution in [0.3, 0.4) is 0 Å². The van der Waals surface area contributed by atoms with Crippen LogP contribution in [0.5, 0.6) is 5.75 Å². The Morgan fingerprint density at radius 1 is 1.33 bits per heavy atom. The summed E-state index contributed by atoms with van der Waals surface area (Å²) in [5.41, 5.74) is 5.98. The molecule has 0 bridgehead atoms. The first-order valence-electron chi connectivity index (χ1n) is 9.39. The molecule has 8 nitrogen and oxygen atoms in total. The molecule has 2 heterocycles.